The molecular weight excluding hydrogens is 353 g/mol. The summed E-state index contributed by atoms with van der Waals surface area (Å²) in [5.41, 5.74) is 1.66. The average molecular weight is 364 g/mol. The minimum Gasteiger partial charge on any atom is -0.743 e. The number of hydrogen-bond acceptors (Lipinski definition) is 5. The van der Waals surface area contributed by atoms with Crippen molar-refractivity contribution in [2.24, 2.45) is 0 Å². The fourth-order valence-corrected chi connectivity index (χ4v) is 1.94. The van der Waals surface area contributed by atoms with Crippen molar-refractivity contribution in [1.29, 1.82) is 0 Å². The molecule has 5 nitrogen and oxygen atoms in total. The number of esters is 1. The van der Waals surface area contributed by atoms with Crippen molar-refractivity contribution in [3.8, 4) is 11.1 Å². The van der Waals surface area contributed by atoms with Gasteiger partial charge in [0.1, 0.15) is 0 Å². The first-order chi connectivity index (χ1) is 10.7. The summed E-state index contributed by atoms with van der Waals surface area (Å²) in [7, 11) is -5.88. The minimum atomic E-state index is -5.88. The number of ether oxygens (including phenoxy) is 1. The summed E-state index contributed by atoms with van der Waals surface area (Å²) < 4.78 is 60.9. The maximum atomic E-state index is 12.9. The molecule has 122 valence electrons. The first kappa shape index (κ1) is 20.7. The third-order valence-electron chi connectivity index (χ3n) is 2.96. The van der Waals surface area contributed by atoms with Crippen LogP contribution in [0.1, 0.15) is 10.4 Å². The van der Waals surface area contributed by atoms with Crippen LogP contribution in [0.3, 0.4) is 0 Å². The van der Waals surface area contributed by atoms with E-state index in [0.717, 1.165) is 11.1 Å². The molecule has 0 atom stereocenters. The van der Waals surface area contributed by atoms with Crippen molar-refractivity contribution in [3.63, 3.8) is 0 Å². The zero-order valence-corrected chi connectivity index (χ0v) is 15.4. The fraction of sp³-hybridized carbons (Fsp3) is 0.133. The zero-order chi connectivity index (χ0) is 17.1. The van der Waals surface area contributed by atoms with E-state index in [-0.39, 0.29) is 35.1 Å². The second-order valence-corrected chi connectivity index (χ2v) is 6.12. The molecule has 0 heterocycles. The topological polar surface area (TPSA) is 83.5 Å². The summed E-state index contributed by atoms with van der Waals surface area (Å²) in [4.78, 5) is 11.6. The summed E-state index contributed by atoms with van der Waals surface area (Å²) in [5.74, 6) is -1.15. The number of benzene rings is 2. The second kappa shape index (κ2) is 8.17. The molecule has 0 aromatic heterocycles. The molecule has 0 spiro atoms. The van der Waals surface area contributed by atoms with Crippen LogP contribution in [0.2, 0.25) is 0 Å². The predicted octanol–water partition coefficient (Wildman–Crippen LogP) is -0.348. The normalized spacial score (nSPS) is 11.5. The number of halogens is 2. The zero-order valence-electron chi connectivity index (χ0n) is 12.6. The van der Waals surface area contributed by atoms with Crippen molar-refractivity contribution < 1.29 is 60.8 Å². The maximum Gasteiger partial charge on any atom is 1.00 e. The number of rotatable bonds is 5. The Labute approximate surface area is 159 Å². The third kappa shape index (κ3) is 5.09. The molecule has 0 aliphatic heterocycles. The molecule has 0 saturated carbocycles. The molecular formula is C15H11F2NaO5S. The Balaban J connectivity index is 0.00000288. The molecule has 9 heteroatoms. The molecule has 2 aromatic rings. The van der Waals surface area contributed by atoms with Gasteiger partial charge in [0.05, 0.1) is 5.56 Å². The molecule has 0 fully saturated rings. The Morgan fingerprint density at radius 2 is 1.50 bits per heavy atom. The van der Waals surface area contributed by atoms with E-state index >= 15 is 0 Å². The van der Waals surface area contributed by atoms with Gasteiger partial charge in [-0.1, -0.05) is 42.5 Å². The quantitative estimate of drug-likeness (QED) is 0.412. The molecule has 0 unspecified atom stereocenters. The summed E-state index contributed by atoms with van der Waals surface area (Å²) >= 11 is 0. The summed E-state index contributed by atoms with van der Waals surface area (Å²) in [5, 5.41) is -4.66. The van der Waals surface area contributed by atoms with Crippen molar-refractivity contribution in [2.75, 3.05) is 6.61 Å². The Bertz CT molecular complexity index is 792. The third-order valence-corrected chi connectivity index (χ3v) is 3.81. The smallest absolute Gasteiger partial charge is 0.743 e. The molecule has 0 aliphatic carbocycles. The van der Waals surface area contributed by atoms with Gasteiger partial charge in [0, 0.05) is 0 Å². The van der Waals surface area contributed by atoms with Gasteiger partial charge in [0.15, 0.2) is 16.7 Å². The largest absolute Gasteiger partial charge is 1.00 e. The maximum absolute atomic E-state index is 12.9. The van der Waals surface area contributed by atoms with Gasteiger partial charge in [0.2, 0.25) is 0 Å². The molecule has 0 aliphatic rings. The van der Waals surface area contributed by atoms with Crippen LogP contribution in [-0.2, 0) is 14.9 Å². The van der Waals surface area contributed by atoms with Crippen LogP contribution in [-0.4, -0.2) is 30.8 Å². The van der Waals surface area contributed by atoms with E-state index in [9.17, 15) is 26.5 Å². The molecule has 0 saturated heterocycles. The minimum absolute atomic E-state index is 0. The number of alkyl halides is 2. The number of hydrogen-bond donors (Lipinski definition) is 0. The van der Waals surface area contributed by atoms with Gasteiger partial charge in [-0.25, -0.2) is 13.2 Å². The van der Waals surface area contributed by atoms with Crippen molar-refractivity contribution >= 4 is 16.1 Å². The van der Waals surface area contributed by atoms with E-state index in [1.54, 1.807) is 12.1 Å². The predicted molar refractivity (Wildman–Crippen MR) is 76.8 cm³/mol. The van der Waals surface area contributed by atoms with E-state index in [2.05, 4.69) is 4.74 Å². The summed E-state index contributed by atoms with van der Waals surface area (Å²) in [6.45, 7) is -1.82. The second-order valence-electron chi connectivity index (χ2n) is 4.61. The molecule has 0 N–H and O–H groups in total. The van der Waals surface area contributed by atoms with Crippen LogP contribution < -0.4 is 29.6 Å². The summed E-state index contributed by atoms with van der Waals surface area (Å²) in [6, 6.07) is 15.1. The number of carbonyl (C=O) groups excluding carboxylic acids is 1. The number of carbonyl (C=O) groups is 1. The van der Waals surface area contributed by atoms with Gasteiger partial charge in [0.25, 0.3) is 0 Å². The average Bonchev–Trinajstić information content (AvgIpc) is 2.52. The van der Waals surface area contributed by atoms with E-state index in [1.165, 1.54) is 12.1 Å². The van der Waals surface area contributed by atoms with Gasteiger partial charge in [-0.05, 0) is 23.3 Å². The standard InChI is InChI=1S/C15H12F2O5S.Na/c16-15(17,23(19,20)21)10-22-14(18)13-8-6-12(7-9-13)11-4-2-1-3-5-11;/h1-9H,10H2,(H,19,20,21);/q;+1/p-1. The van der Waals surface area contributed by atoms with Crippen LogP contribution in [0.15, 0.2) is 54.6 Å². The Hall–Kier alpha value is -1.32. The van der Waals surface area contributed by atoms with Crippen LogP contribution in [0, 0.1) is 0 Å². The Kier molecular flexibility index (Phi) is 7.06. The molecule has 0 bridgehead atoms. The van der Waals surface area contributed by atoms with Gasteiger partial charge in [-0.3, -0.25) is 0 Å². The SMILES string of the molecule is O=C(OCC(F)(F)S(=O)(=O)[O-])c1ccc(-c2ccccc2)cc1.[Na+]. The van der Waals surface area contributed by atoms with Gasteiger partial charge in [-0.15, -0.1) is 0 Å². The van der Waals surface area contributed by atoms with E-state index < -0.39 is 27.9 Å². The van der Waals surface area contributed by atoms with Crippen LogP contribution in [0.5, 0.6) is 0 Å². The van der Waals surface area contributed by atoms with Gasteiger partial charge < -0.3 is 9.29 Å². The van der Waals surface area contributed by atoms with E-state index in [0.29, 0.717) is 0 Å². The van der Waals surface area contributed by atoms with Crippen LogP contribution in [0.25, 0.3) is 11.1 Å². The van der Waals surface area contributed by atoms with Gasteiger partial charge >= 0.3 is 40.8 Å². The monoisotopic (exact) mass is 364 g/mol. The fourth-order valence-electron chi connectivity index (χ4n) is 1.73. The molecule has 24 heavy (non-hydrogen) atoms. The molecule has 0 amide bonds. The Morgan fingerprint density at radius 1 is 1.00 bits per heavy atom. The van der Waals surface area contributed by atoms with Crippen LogP contribution >= 0.6 is 0 Å². The van der Waals surface area contributed by atoms with E-state index in [4.69, 9.17) is 0 Å². The van der Waals surface area contributed by atoms with E-state index in [1.807, 2.05) is 30.3 Å². The van der Waals surface area contributed by atoms with Crippen molar-refractivity contribution in [2.45, 2.75) is 5.25 Å². The Morgan fingerprint density at radius 3 is 2.00 bits per heavy atom. The molecule has 0 radical (unpaired) electrons. The van der Waals surface area contributed by atoms with Crippen molar-refractivity contribution in [3.05, 3.63) is 60.2 Å². The van der Waals surface area contributed by atoms with Gasteiger partial charge in [-0.2, -0.15) is 8.78 Å². The molecule has 2 rings (SSSR count). The van der Waals surface area contributed by atoms with Crippen LogP contribution in [0.4, 0.5) is 8.78 Å². The first-order valence-electron chi connectivity index (χ1n) is 6.36. The summed E-state index contributed by atoms with van der Waals surface area (Å²) in [6.07, 6.45) is 0. The van der Waals surface area contributed by atoms with Crippen molar-refractivity contribution in [1.82, 2.24) is 0 Å². The first-order valence-corrected chi connectivity index (χ1v) is 7.77. The molecule has 2 aromatic carbocycles.